The summed E-state index contributed by atoms with van der Waals surface area (Å²) < 4.78 is 3.35. The van der Waals surface area contributed by atoms with E-state index >= 15 is 0 Å². The largest absolute Gasteiger partial charge is 0.399 e. The van der Waals surface area contributed by atoms with Crippen LogP contribution in [0.15, 0.2) is 30.6 Å². The summed E-state index contributed by atoms with van der Waals surface area (Å²) in [6.07, 6.45) is 3.56. The standard InChI is InChI=1S/C12H13N7/c1-8-5-9(3-4-11(8)13)12-15-16-17-19(12)10-6-14-18(2)7-10/h3-7H,13H2,1-2H3. The Morgan fingerprint density at radius 2 is 2.11 bits per heavy atom. The maximum Gasteiger partial charge on any atom is 0.187 e. The van der Waals surface area contributed by atoms with Crippen LogP contribution in [0.2, 0.25) is 0 Å². The van der Waals surface area contributed by atoms with Crippen molar-refractivity contribution in [2.45, 2.75) is 6.92 Å². The van der Waals surface area contributed by atoms with Gasteiger partial charge in [0, 0.05) is 18.3 Å². The van der Waals surface area contributed by atoms with Gasteiger partial charge in [0.1, 0.15) is 5.69 Å². The molecule has 0 atom stereocenters. The van der Waals surface area contributed by atoms with Crippen LogP contribution in [0.3, 0.4) is 0 Å². The highest BCUT2D eigenvalue weighted by molar-refractivity contribution is 5.63. The molecule has 96 valence electrons. The van der Waals surface area contributed by atoms with Gasteiger partial charge in [0.15, 0.2) is 5.82 Å². The zero-order chi connectivity index (χ0) is 13.4. The number of rotatable bonds is 2. The number of hydrogen-bond acceptors (Lipinski definition) is 5. The topological polar surface area (TPSA) is 87.4 Å². The number of benzene rings is 1. The van der Waals surface area contributed by atoms with Crippen molar-refractivity contribution in [1.29, 1.82) is 0 Å². The second kappa shape index (κ2) is 4.20. The molecule has 0 unspecified atom stereocenters. The zero-order valence-corrected chi connectivity index (χ0v) is 10.6. The molecule has 3 rings (SSSR count). The first-order valence-electron chi connectivity index (χ1n) is 5.79. The molecule has 0 spiro atoms. The third kappa shape index (κ3) is 1.95. The third-order valence-electron chi connectivity index (χ3n) is 2.93. The molecule has 0 bridgehead atoms. The number of hydrogen-bond donors (Lipinski definition) is 1. The molecule has 0 saturated heterocycles. The van der Waals surface area contributed by atoms with Gasteiger partial charge in [-0.05, 0) is 41.1 Å². The quantitative estimate of drug-likeness (QED) is 0.689. The van der Waals surface area contributed by atoms with E-state index in [0.717, 1.165) is 22.5 Å². The van der Waals surface area contributed by atoms with Gasteiger partial charge in [-0.1, -0.05) is 0 Å². The monoisotopic (exact) mass is 255 g/mol. The minimum absolute atomic E-state index is 0.663. The Bertz CT molecular complexity index is 725. The van der Waals surface area contributed by atoms with Gasteiger partial charge < -0.3 is 5.73 Å². The Hall–Kier alpha value is -2.70. The molecule has 7 nitrogen and oxygen atoms in total. The first-order chi connectivity index (χ1) is 9.15. The van der Waals surface area contributed by atoms with E-state index in [0.29, 0.717) is 5.82 Å². The number of aromatic nitrogens is 6. The molecule has 7 heteroatoms. The van der Waals surface area contributed by atoms with Crippen molar-refractivity contribution in [3.05, 3.63) is 36.2 Å². The van der Waals surface area contributed by atoms with E-state index in [-0.39, 0.29) is 0 Å². The van der Waals surface area contributed by atoms with Crippen LogP contribution in [0.25, 0.3) is 17.1 Å². The fraction of sp³-hybridized carbons (Fsp3) is 0.167. The fourth-order valence-corrected chi connectivity index (χ4v) is 1.87. The van der Waals surface area contributed by atoms with E-state index in [4.69, 9.17) is 5.73 Å². The maximum absolute atomic E-state index is 5.82. The van der Waals surface area contributed by atoms with Crippen molar-refractivity contribution in [1.82, 2.24) is 30.0 Å². The van der Waals surface area contributed by atoms with Gasteiger partial charge in [0.25, 0.3) is 0 Å². The highest BCUT2D eigenvalue weighted by atomic mass is 15.5. The van der Waals surface area contributed by atoms with Crippen molar-refractivity contribution in [2.75, 3.05) is 5.73 Å². The average Bonchev–Trinajstić information content (AvgIpc) is 3.00. The number of nitrogens with zero attached hydrogens (tertiary/aromatic N) is 6. The molecule has 0 radical (unpaired) electrons. The zero-order valence-electron chi connectivity index (χ0n) is 10.6. The van der Waals surface area contributed by atoms with Crippen molar-refractivity contribution in [3.8, 4) is 17.1 Å². The summed E-state index contributed by atoms with van der Waals surface area (Å²) in [5.41, 5.74) is 9.31. The van der Waals surface area contributed by atoms with E-state index in [1.807, 2.05) is 38.4 Å². The summed E-state index contributed by atoms with van der Waals surface area (Å²) in [7, 11) is 1.85. The van der Waals surface area contributed by atoms with E-state index < -0.39 is 0 Å². The molecular weight excluding hydrogens is 242 g/mol. The van der Waals surface area contributed by atoms with Gasteiger partial charge in [-0.25, -0.2) is 0 Å². The molecule has 1 aromatic carbocycles. The number of nitrogen functional groups attached to an aromatic ring is 1. The van der Waals surface area contributed by atoms with E-state index in [2.05, 4.69) is 20.6 Å². The first kappa shape index (κ1) is 11.4. The van der Waals surface area contributed by atoms with Crippen LogP contribution >= 0.6 is 0 Å². The van der Waals surface area contributed by atoms with Gasteiger partial charge in [-0.15, -0.1) is 5.10 Å². The summed E-state index contributed by atoms with van der Waals surface area (Å²) in [5, 5.41) is 15.9. The second-order valence-electron chi connectivity index (χ2n) is 4.36. The highest BCUT2D eigenvalue weighted by Gasteiger charge is 2.12. The summed E-state index contributed by atoms with van der Waals surface area (Å²) in [5.74, 6) is 0.663. The van der Waals surface area contributed by atoms with E-state index in [1.54, 1.807) is 15.6 Å². The van der Waals surface area contributed by atoms with Gasteiger partial charge in [-0.3, -0.25) is 4.68 Å². The number of anilines is 1. The van der Waals surface area contributed by atoms with Gasteiger partial charge in [0.05, 0.1) is 12.4 Å². The van der Waals surface area contributed by atoms with Crippen LogP contribution in [0.4, 0.5) is 5.69 Å². The van der Waals surface area contributed by atoms with Crippen molar-refractivity contribution >= 4 is 5.69 Å². The molecule has 0 saturated carbocycles. The number of tetrazole rings is 1. The van der Waals surface area contributed by atoms with Crippen molar-refractivity contribution < 1.29 is 0 Å². The van der Waals surface area contributed by atoms with Crippen LogP contribution in [-0.4, -0.2) is 30.0 Å². The maximum atomic E-state index is 5.82. The van der Waals surface area contributed by atoms with Crippen molar-refractivity contribution in [3.63, 3.8) is 0 Å². The Morgan fingerprint density at radius 1 is 1.26 bits per heavy atom. The van der Waals surface area contributed by atoms with Crippen molar-refractivity contribution in [2.24, 2.45) is 7.05 Å². The smallest absolute Gasteiger partial charge is 0.187 e. The summed E-state index contributed by atoms with van der Waals surface area (Å²) >= 11 is 0. The molecule has 0 aliphatic rings. The Labute approximate surface area is 109 Å². The van der Waals surface area contributed by atoms with Gasteiger partial charge in [-0.2, -0.15) is 9.78 Å². The lowest BCUT2D eigenvalue weighted by atomic mass is 10.1. The van der Waals surface area contributed by atoms with Crippen LogP contribution < -0.4 is 5.73 Å². The predicted molar refractivity (Wildman–Crippen MR) is 70.5 cm³/mol. The Kier molecular flexibility index (Phi) is 2.52. The molecular formula is C12H13N7. The minimum Gasteiger partial charge on any atom is -0.399 e. The molecule has 2 N–H and O–H groups in total. The molecule has 0 amide bonds. The van der Waals surface area contributed by atoms with Crippen LogP contribution in [0.5, 0.6) is 0 Å². The predicted octanol–water partition coefficient (Wildman–Crippen LogP) is 0.953. The Balaban J connectivity index is 2.11. The fourth-order valence-electron chi connectivity index (χ4n) is 1.87. The number of nitrogens with two attached hydrogens (primary N) is 1. The molecule has 2 aromatic heterocycles. The lowest BCUT2D eigenvalue weighted by Gasteiger charge is -2.04. The molecule has 0 aliphatic carbocycles. The highest BCUT2D eigenvalue weighted by Crippen LogP contribution is 2.22. The first-order valence-corrected chi connectivity index (χ1v) is 5.79. The number of aryl methyl sites for hydroxylation is 2. The molecule has 3 aromatic rings. The summed E-state index contributed by atoms with van der Waals surface area (Å²) in [6, 6.07) is 5.72. The van der Waals surface area contributed by atoms with E-state index in [9.17, 15) is 0 Å². The molecule has 19 heavy (non-hydrogen) atoms. The second-order valence-corrected chi connectivity index (χ2v) is 4.36. The van der Waals surface area contributed by atoms with Gasteiger partial charge >= 0.3 is 0 Å². The van der Waals surface area contributed by atoms with Gasteiger partial charge in [0.2, 0.25) is 0 Å². The molecule has 0 fully saturated rings. The molecule has 2 heterocycles. The molecule has 0 aliphatic heterocycles. The summed E-state index contributed by atoms with van der Waals surface area (Å²) in [4.78, 5) is 0. The SMILES string of the molecule is Cc1cc(-c2nnnn2-c2cnn(C)c2)ccc1N. The van der Waals surface area contributed by atoms with Crippen LogP contribution in [0.1, 0.15) is 5.56 Å². The van der Waals surface area contributed by atoms with Crippen LogP contribution in [-0.2, 0) is 7.05 Å². The summed E-state index contributed by atoms with van der Waals surface area (Å²) in [6.45, 7) is 1.96. The lowest BCUT2D eigenvalue weighted by molar-refractivity contribution is 0.762. The third-order valence-corrected chi connectivity index (χ3v) is 2.93. The van der Waals surface area contributed by atoms with Crippen LogP contribution in [0, 0.1) is 6.92 Å². The lowest BCUT2D eigenvalue weighted by Crippen LogP contribution is -1.99. The van der Waals surface area contributed by atoms with E-state index in [1.165, 1.54) is 0 Å². The Morgan fingerprint density at radius 3 is 2.79 bits per heavy atom. The average molecular weight is 255 g/mol. The minimum atomic E-state index is 0.663. The normalized spacial score (nSPS) is 10.8.